The molecule has 4 heterocycles. The molecular formula is C52H38ClN7. The third-order valence-corrected chi connectivity index (χ3v) is 11.9. The van der Waals surface area contributed by atoms with Crippen molar-refractivity contribution in [3.8, 4) is 22.5 Å². The molecule has 0 atom stereocenters. The predicted octanol–water partition coefficient (Wildman–Crippen LogP) is 13.5. The maximum absolute atomic E-state index is 6.43. The van der Waals surface area contributed by atoms with Crippen molar-refractivity contribution in [3.05, 3.63) is 204 Å². The van der Waals surface area contributed by atoms with E-state index in [-0.39, 0.29) is 7.43 Å². The molecule has 1 N–H and O–H groups in total. The van der Waals surface area contributed by atoms with E-state index in [2.05, 4.69) is 157 Å². The smallest absolute Gasteiger partial charge is 0.220 e. The zero-order chi connectivity index (χ0) is 39.0. The molecule has 12 aromatic rings. The standard InChI is InChI=1S/C26H17N3.C25H17ClN4.CH4/c1-2-9-18(10-3-1)28-25-21-16-17-8-4-5-11-19(17)20(21)14-15-24(25)29-23-13-7-6-12-22(23)27-26(28)29;26-18-11-4-5-12-19(18)27-21-14-8-16-23-24(21)29(17-9-2-1-3-10-17)25-28-20-13-6-7-15-22(20)30(23)25;/h1-15H,16H2;1-16,27H;1H4. The molecule has 1 aliphatic carbocycles. The molecule has 0 unspecified atom stereocenters. The lowest BCUT2D eigenvalue weighted by molar-refractivity contribution is 1.10. The number of anilines is 2. The number of benzene rings is 8. The van der Waals surface area contributed by atoms with Crippen LogP contribution in [0.2, 0.25) is 5.02 Å². The fourth-order valence-electron chi connectivity index (χ4n) is 9.01. The summed E-state index contributed by atoms with van der Waals surface area (Å²) < 4.78 is 9.06. The van der Waals surface area contributed by atoms with Gasteiger partial charge < -0.3 is 5.32 Å². The highest BCUT2D eigenvalue weighted by molar-refractivity contribution is 6.33. The zero-order valence-electron chi connectivity index (χ0n) is 31.7. The van der Waals surface area contributed by atoms with Gasteiger partial charge in [0.15, 0.2) is 0 Å². The van der Waals surface area contributed by atoms with Crippen LogP contribution in [0.4, 0.5) is 11.4 Å². The molecule has 60 heavy (non-hydrogen) atoms. The Morgan fingerprint density at radius 1 is 0.433 bits per heavy atom. The van der Waals surface area contributed by atoms with Crippen molar-refractivity contribution in [2.24, 2.45) is 0 Å². The lowest BCUT2D eigenvalue weighted by Crippen LogP contribution is -1.98. The predicted molar refractivity (Wildman–Crippen MR) is 249 cm³/mol. The number of nitrogens with one attached hydrogen (secondary N) is 1. The molecule has 0 fully saturated rings. The Balaban J connectivity index is 0.000000134. The Kier molecular flexibility index (Phi) is 8.32. The summed E-state index contributed by atoms with van der Waals surface area (Å²) in [4.78, 5) is 10.00. The Morgan fingerprint density at radius 2 is 0.950 bits per heavy atom. The highest BCUT2D eigenvalue weighted by atomic mass is 35.5. The third kappa shape index (κ3) is 5.36. The van der Waals surface area contributed by atoms with Gasteiger partial charge in [0.1, 0.15) is 0 Å². The van der Waals surface area contributed by atoms with Crippen LogP contribution >= 0.6 is 11.6 Å². The van der Waals surface area contributed by atoms with Crippen molar-refractivity contribution < 1.29 is 0 Å². The van der Waals surface area contributed by atoms with Crippen molar-refractivity contribution in [2.45, 2.75) is 13.8 Å². The summed E-state index contributed by atoms with van der Waals surface area (Å²) >= 11 is 6.43. The van der Waals surface area contributed by atoms with Gasteiger partial charge in [-0.15, -0.1) is 0 Å². The van der Waals surface area contributed by atoms with Crippen LogP contribution in [0.15, 0.2) is 188 Å². The fourth-order valence-corrected chi connectivity index (χ4v) is 9.20. The van der Waals surface area contributed by atoms with Crippen molar-refractivity contribution in [3.63, 3.8) is 0 Å². The SMILES string of the molecule is C.Clc1ccccc1Nc1cccc2c1n(-c1ccccc1)c1nc3ccccc3n21.c1ccc(-n2c3c4c(ccc3n3c5ccccc5nc23)-c2ccccc2C4)cc1. The second-order valence-electron chi connectivity index (χ2n) is 14.9. The first-order chi connectivity index (χ1) is 29.2. The minimum absolute atomic E-state index is 0. The second-order valence-corrected chi connectivity index (χ2v) is 15.3. The van der Waals surface area contributed by atoms with E-state index >= 15 is 0 Å². The molecule has 0 amide bonds. The lowest BCUT2D eigenvalue weighted by atomic mass is 10.0. The molecule has 0 spiro atoms. The van der Waals surface area contributed by atoms with Crippen LogP contribution in [-0.2, 0) is 6.42 Å². The van der Waals surface area contributed by atoms with E-state index in [0.29, 0.717) is 5.02 Å². The average Bonchev–Trinajstić information content (AvgIpc) is 4.09. The second kappa shape index (κ2) is 14.0. The third-order valence-electron chi connectivity index (χ3n) is 11.5. The number of para-hydroxylation sites is 8. The van der Waals surface area contributed by atoms with Gasteiger partial charge in [0.25, 0.3) is 0 Å². The lowest BCUT2D eigenvalue weighted by Gasteiger charge is -2.12. The topological polar surface area (TPSA) is 56.5 Å². The van der Waals surface area contributed by atoms with Crippen LogP contribution in [0.5, 0.6) is 0 Å². The van der Waals surface area contributed by atoms with Gasteiger partial charge in [0.05, 0.1) is 60.5 Å². The molecule has 13 rings (SSSR count). The highest BCUT2D eigenvalue weighted by Gasteiger charge is 2.26. The van der Waals surface area contributed by atoms with Gasteiger partial charge in [0, 0.05) is 17.8 Å². The summed E-state index contributed by atoms with van der Waals surface area (Å²) in [6.45, 7) is 0. The van der Waals surface area contributed by atoms with Gasteiger partial charge in [-0.1, -0.05) is 128 Å². The van der Waals surface area contributed by atoms with E-state index in [9.17, 15) is 0 Å². The first kappa shape index (κ1) is 35.5. The molecule has 8 aromatic carbocycles. The van der Waals surface area contributed by atoms with Gasteiger partial charge in [0.2, 0.25) is 11.6 Å². The van der Waals surface area contributed by atoms with E-state index in [1.54, 1.807) is 0 Å². The number of halogens is 1. The molecule has 8 heteroatoms. The molecule has 0 bridgehead atoms. The Morgan fingerprint density at radius 3 is 1.62 bits per heavy atom. The van der Waals surface area contributed by atoms with E-state index < -0.39 is 0 Å². The first-order valence-electron chi connectivity index (χ1n) is 19.8. The molecule has 7 nitrogen and oxygen atoms in total. The Labute approximate surface area is 351 Å². The molecule has 1 aliphatic rings. The number of fused-ring (bicyclic) bond motifs is 14. The van der Waals surface area contributed by atoms with Gasteiger partial charge >= 0.3 is 0 Å². The number of imidazole rings is 4. The molecular weight excluding hydrogens is 758 g/mol. The number of aromatic nitrogens is 6. The summed E-state index contributed by atoms with van der Waals surface area (Å²) in [5.74, 6) is 1.85. The summed E-state index contributed by atoms with van der Waals surface area (Å²) in [6, 6.07) is 64.9. The van der Waals surface area contributed by atoms with Crippen LogP contribution in [0.25, 0.3) is 78.2 Å². The summed E-state index contributed by atoms with van der Waals surface area (Å²) in [5, 5.41) is 4.21. The Bertz CT molecular complexity index is 3580. The highest BCUT2D eigenvalue weighted by Crippen LogP contribution is 2.43. The van der Waals surface area contributed by atoms with E-state index in [1.165, 1.54) is 33.3 Å². The van der Waals surface area contributed by atoms with E-state index in [0.717, 1.165) is 73.8 Å². The van der Waals surface area contributed by atoms with Gasteiger partial charge in [-0.2, -0.15) is 0 Å². The first-order valence-corrected chi connectivity index (χ1v) is 20.1. The number of nitrogens with zero attached hydrogens (tertiary/aromatic N) is 6. The monoisotopic (exact) mass is 795 g/mol. The minimum Gasteiger partial charge on any atom is -0.353 e. The average molecular weight is 796 g/mol. The van der Waals surface area contributed by atoms with Crippen LogP contribution in [0.3, 0.4) is 0 Å². The van der Waals surface area contributed by atoms with Crippen LogP contribution < -0.4 is 5.32 Å². The molecule has 0 radical (unpaired) electrons. The number of rotatable bonds is 4. The molecule has 0 aliphatic heterocycles. The molecule has 0 saturated heterocycles. The molecule has 288 valence electrons. The quantitative estimate of drug-likeness (QED) is 0.193. The summed E-state index contributed by atoms with van der Waals surface area (Å²) in [6.07, 6.45) is 0.959. The number of hydrogen-bond acceptors (Lipinski definition) is 3. The molecule has 0 saturated carbocycles. The van der Waals surface area contributed by atoms with Gasteiger partial charge in [-0.3, -0.25) is 17.9 Å². The van der Waals surface area contributed by atoms with Crippen molar-refractivity contribution >= 4 is 78.7 Å². The normalized spacial score (nSPS) is 11.9. The van der Waals surface area contributed by atoms with Gasteiger partial charge in [-0.05, 0) is 101 Å². The maximum Gasteiger partial charge on any atom is 0.220 e. The number of hydrogen-bond donors (Lipinski definition) is 1. The molecule has 4 aromatic heterocycles. The Hall–Kier alpha value is -7.61. The maximum atomic E-state index is 6.43. The van der Waals surface area contributed by atoms with E-state index in [1.807, 2.05) is 54.6 Å². The van der Waals surface area contributed by atoms with Crippen molar-refractivity contribution in [1.82, 2.24) is 27.9 Å². The minimum atomic E-state index is 0. The van der Waals surface area contributed by atoms with Gasteiger partial charge in [-0.25, -0.2) is 9.97 Å². The van der Waals surface area contributed by atoms with Crippen molar-refractivity contribution in [1.29, 1.82) is 0 Å². The van der Waals surface area contributed by atoms with E-state index in [4.69, 9.17) is 21.6 Å². The van der Waals surface area contributed by atoms with Crippen LogP contribution in [0, 0.1) is 0 Å². The van der Waals surface area contributed by atoms with Crippen LogP contribution in [0.1, 0.15) is 18.6 Å². The summed E-state index contributed by atoms with van der Waals surface area (Å²) in [7, 11) is 0. The van der Waals surface area contributed by atoms with Crippen molar-refractivity contribution in [2.75, 3.05) is 5.32 Å². The zero-order valence-corrected chi connectivity index (χ0v) is 32.4. The fraction of sp³-hybridized carbons (Fsp3) is 0.0385. The largest absolute Gasteiger partial charge is 0.353 e. The summed E-state index contributed by atoms with van der Waals surface area (Å²) in [5.41, 5.74) is 18.4. The van der Waals surface area contributed by atoms with Crippen LogP contribution in [-0.4, -0.2) is 27.9 Å².